The summed E-state index contributed by atoms with van der Waals surface area (Å²) in [6, 6.07) is 3.56. The number of carbonyl (C=O) groups excluding carboxylic acids is 1. The number of fused-ring (bicyclic) bond motifs is 1. The van der Waals surface area contributed by atoms with Crippen LogP contribution in [-0.4, -0.2) is 30.1 Å². The minimum absolute atomic E-state index is 0.0745. The quantitative estimate of drug-likeness (QED) is 0.889. The van der Waals surface area contributed by atoms with Gasteiger partial charge in [-0.25, -0.2) is 4.39 Å². The van der Waals surface area contributed by atoms with E-state index in [-0.39, 0.29) is 11.5 Å². The molecule has 112 valence electrons. The largest absolute Gasteiger partial charge is 0.480 e. The Hall–Kier alpha value is -1.99. The zero-order chi connectivity index (χ0) is 15.6. The minimum Gasteiger partial charge on any atom is -0.480 e. The Bertz CT molecular complexity index is 698. The van der Waals surface area contributed by atoms with Crippen LogP contribution in [0.15, 0.2) is 18.2 Å². The zero-order valence-corrected chi connectivity index (χ0v) is 12.3. The highest BCUT2D eigenvalue weighted by molar-refractivity contribution is 7.21. The van der Waals surface area contributed by atoms with Crippen molar-refractivity contribution in [3.8, 4) is 0 Å². The van der Waals surface area contributed by atoms with Gasteiger partial charge in [0.2, 0.25) is 0 Å². The van der Waals surface area contributed by atoms with Crippen molar-refractivity contribution in [2.24, 2.45) is 0 Å². The molecular formula is C14H14FNO4S. The van der Waals surface area contributed by atoms with Gasteiger partial charge in [0.1, 0.15) is 11.9 Å². The average molecular weight is 311 g/mol. The maximum atomic E-state index is 14.0. The first-order valence-electron chi connectivity index (χ1n) is 6.18. The Kier molecular flexibility index (Phi) is 4.54. The average Bonchev–Trinajstić information content (AvgIpc) is 2.79. The van der Waals surface area contributed by atoms with Crippen LogP contribution in [0, 0.1) is 5.82 Å². The molecule has 0 saturated heterocycles. The van der Waals surface area contributed by atoms with Crippen LogP contribution in [0.25, 0.3) is 10.1 Å². The molecule has 0 aliphatic rings. The molecule has 21 heavy (non-hydrogen) atoms. The Morgan fingerprint density at radius 3 is 2.81 bits per heavy atom. The first kappa shape index (κ1) is 15.4. The summed E-state index contributed by atoms with van der Waals surface area (Å²) < 4.78 is 19.6. The SMILES string of the molecule is COCc1c(C(=O)NC(C)C(=O)O)sc2cccc(F)c12. The van der Waals surface area contributed by atoms with Crippen LogP contribution in [0.5, 0.6) is 0 Å². The normalized spacial score (nSPS) is 12.3. The molecule has 0 aliphatic heterocycles. The summed E-state index contributed by atoms with van der Waals surface area (Å²) in [4.78, 5) is 23.3. The Morgan fingerprint density at radius 2 is 2.19 bits per heavy atom. The fraction of sp³-hybridized carbons (Fsp3) is 0.286. The van der Waals surface area contributed by atoms with E-state index in [1.165, 1.54) is 20.1 Å². The van der Waals surface area contributed by atoms with Crippen LogP contribution in [0.2, 0.25) is 0 Å². The van der Waals surface area contributed by atoms with E-state index < -0.39 is 23.7 Å². The molecule has 1 heterocycles. The molecule has 2 N–H and O–H groups in total. The molecule has 0 spiro atoms. The Labute approximate surface area is 124 Å². The first-order chi connectivity index (χ1) is 9.95. The number of benzene rings is 1. The van der Waals surface area contributed by atoms with Crippen molar-refractivity contribution in [2.75, 3.05) is 7.11 Å². The number of nitrogens with one attached hydrogen (secondary N) is 1. The van der Waals surface area contributed by atoms with E-state index in [0.717, 1.165) is 11.3 Å². The molecule has 1 aromatic carbocycles. The fourth-order valence-corrected chi connectivity index (χ4v) is 3.08. The zero-order valence-electron chi connectivity index (χ0n) is 11.5. The number of methoxy groups -OCH3 is 1. The van der Waals surface area contributed by atoms with Gasteiger partial charge in [0.25, 0.3) is 5.91 Å². The van der Waals surface area contributed by atoms with E-state index in [0.29, 0.717) is 15.6 Å². The number of halogens is 1. The van der Waals surface area contributed by atoms with E-state index in [2.05, 4.69) is 5.32 Å². The number of carboxylic acids is 1. The van der Waals surface area contributed by atoms with E-state index in [4.69, 9.17) is 9.84 Å². The summed E-state index contributed by atoms with van der Waals surface area (Å²) >= 11 is 1.11. The lowest BCUT2D eigenvalue weighted by atomic mass is 10.1. The van der Waals surface area contributed by atoms with Gasteiger partial charge in [0, 0.05) is 22.8 Å². The molecule has 0 radical (unpaired) electrons. The van der Waals surface area contributed by atoms with Gasteiger partial charge in [-0.3, -0.25) is 9.59 Å². The number of carbonyl (C=O) groups is 2. The van der Waals surface area contributed by atoms with E-state index in [1.807, 2.05) is 0 Å². The minimum atomic E-state index is -1.14. The van der Waals surface area contributed by atoms with E-state index in [1.54, 1.807) is 12.1 Å². The second-order valence-corrected chi connectivity index (χ2v) is 5.54. The molecule has 1 aromatic heterocycles. The summed E-state index contributed by atoms with van der Waals surface area (Å²) in [5.41, 5.74) is 0.436. The van der Waals surface area contributed by atoms with Crippen molar-refractivity contribution < 1.29 is 23.8 Å². The van der Waals surface area contributed by atoms with Crippen LogP contribution in [0.1, 0.15) is 22.2 Å². The molecule has 0 saturated carbocycles. The number of ether oxygens (including phenoxy) is 1. The van der Waals surface area contributed by atoms with Gasteiger partial charge in [0.05, 0.1) is 11.5 Å². The molecule has 2 rings (SSSR count). The third kappa shape index (κ3) is 3.03. The third-order valence-electron chi connectivity index (χ3n) is 2.98. The molecule has 1 atom stereocenters. The number of aliphatic carboxylic acids is 1. The van der Waals surface area contributed by atoms with E-state index >= 15 is 0 Å². The lowest BCUT2D eigenvalue weighted by Crippen LogP contribution is -2.38. The van der Waals surface area contributed by atoms with Crippen LogP contribution < -0.4 is 5.32 Å². The van der Waals surface area contributed by atoms with Gasteiger partial charge >= 0.3 is 5.97 Å². The second kappa shape index (κ2) is 6.19. The van der Waals surface area contributed by atoms with Crippen molar-refractivity contribution in [1.82, 2.24) is 5.32 Å². The number of carboxylic acid groups (broad SMARTS) is 1. The fourth-order valence-electron chi connectivity index (χ4n) is 1.96. The summed E-state index contributed by atoms with van der Waals surface area (Å²) in [6.07, 6.45) is 0. The molecule has 2 aromatic rings. The molecule has 7 heteroatoms. The lowest BCUT2D eigenvalue weighted by molar-refractivity contribution is -0.138. The number of thiophene rings is 1. The third-order valence-corrected chi connectivity index (χ3v) is 4.17. The standard InChI is InChI=1S/C14H14FNO4S/c1-7(14(18)19)16-13(17)12-8(6-20-2)11-9(15)4-3-5-10(11)21-12/h3-5,7H,6H2,1-2H3,(H,16,17)(H,18,19). The highest BCUT2D eigenvalue weighted by Crippen LogP contribution is 2.33. The molecular weight excluding hydrogens is 297 g/mol. The summed E-state index contributed by atoms with van der Waals surface area (Å²) in [5, 5.41) is 11.6. The number of rotatable bonds is 5. The van der Waals surface area contributed by atoms with Gasteiger partial charge < -0.3 is 15.2 Å². The second-order valence-electron chi connectivity index (χ2n) is 4.49. The number of hydrogen-bond donors (Lipinski definition) is 2. The van der Waals surface area contributed by atoms with Crippen LogP contribution in [0.3, 0.4) is 0 Å². The van der Waals surface area contributed by atoms with Gasteiger partial charge in [-0.05, 0) is 19.1 Å². The Morgan fingerprint density at radius 1 is 1.48 bits per heavy atom. The summed E-state index contributed by atoms with van der Waals surface area (Å²) in [5.74, 6) is -2.11. The number of amides is 1. The van der Waals surface area contributed by atoms with Gasteiger partial charge in [-0.2, -0.15) is 0 Å². The molecule has 0 fully saturated rings. The predicted octanol–water partition coefficient (Wildman–Crippen LogP) is 2.39. The van der Waals surface area contributed by atoms with Crippen molar-refractivity contribution >= 4 is 33.3 Å². The maximum absolute atomic E-state index is 14.0. The maximum Gasteiger partial charge on any atom is 0.325 e. The van der Waals surface area contributed by atoms with Crippen molar-refractivity contribution in [3.05, 3.63) is 34.5 Å². The predicted molar refractivity (Wildman–Crippen MR) is 77.1 cm³/mol. The topological polar surface area (TPSA) is 75.6 Å². The van der Waals surface area contributed by atoms with Crippen molar-refractivity contribution in [2.45, 2.75) is 19.6 Å². The molecule has 5 nitrogen and oxygen atoms in total. The summed E-state index contributed by atoms with van der Waals surface area (Å²) in [6.45, 7) is 1.44. The highest BCUT2D eigenvalue weighted by atomic mass is 32.1. The van der Waals surface area contributed by atoms with Crippen LogP contribution in [0.4, 0.5) is 4.39 Å². The van der Waals surface area contributed by atoms with Gasteiger partial charge in [0.15, 0.2) is 0 Å². The highest BCUT2D eigenvalue weighted by Gasteiger charge is 2.23. The smallest absolute Gasteiger partial charge is 0.325 e. The molecule has 0 bridgehead atoms. The van der Waals surface area contributed by atoms with Gasteiger partial charge in [-0.1, -0.05) is 6.07 Å². The molecule has 1 unspecified atom stereocenters. The van der Waals surface area contributed by atoms with Crippen LogP contribution >= 0.6 is 11.3 Å². The lowest BCUT2D eigenvalue weighted by Gasteiger charge is -2.09. The summed E-state index contributed by atoms with van der Waals surface area (Å²) in [7, 11) is 1.45. The van der Waals surface area contributed by atoms with Gasteiger partial charge in [-0.15, -0.1) is 11.3 Å². The van der Waals surface area contributed by atoms with E-state index in [9.17, 15) is 14.0 Å². The first-order valence-corrected chi connectivity index (χ1v) is 6.99. The molecule has 1 amide bonds. The number of hydrogen-bond acceptors (Lipinski definition) is 4. The van der Waals surface area contributed by atoms with Crippen molar-refractivity contribution in [1.29, 1.82) is 0 Å². The van der Waals surface area contributed by atoms with Crippen molar-refractivity contribution in [3.63, 3.8) is 0 Å². The van der Waals surface area contributed by atoms with Crippen LogP contribution in [-0.2, 0) is 16.1 Å². The monoisotopic (exact) mass is 311 g/mol. The Balaban J connectivity index is 2.48. The molecule has 0 aliphatic carbocycles.